The van der Waals surface area contributed by atoms with Gasteiger partial charge < -0.3 is 24.6 Å². The number of nitrogens with zero attached hydrogens (tertiary/aromatic N) is 4. The lowest BCUT2D eigenvalue weighted by atomic mass is 10.1. The maximum Gasteiger partial charge on any atom is 0.435 e. The van der Waals surface area contributed by atoms with Crippen LogP contribution in [0.1, 0.15) is 11.4 Å². The number of H-pyrrole nitrogens is 1. The van der Waals surface area contributed by atoms with Gasteiger partial charge in [-0.15, -0.1) is 0 Å². The summed E-state index contributed by atoms with van der Waals surface area (Å²) in [6.45, 7) is -0.155. The van der Waals surface area contributed by atoms with Crippen molar-refractivity contribution in [2.24, 2.45) is 0 Å². The highest BCUT2D eigenvalue weighted by atomic mass is 19.4. The fraction of sp³-hybridized carbons (Fsp3) is 0.182. The van der Waals surface area contributed by atoms with E-state index in [4.69, 9.17) is 19.6 Å². The summed E-state index contributed by atoms with van der Waals surface area (Å²) in [7, 11) is 2.74. The van der Waals surface area contributed by atoms with E-state index in [2.05, 4.69) is 20.1 Å². The third kappa shape index (κ3) is 3.65. The Morgan fingerprint density at radius 3 is 2.54 bits per heavy atom. The maximum absolute atomic E-state index is 14.0. The zero-order valence-corrected chi connectivity index (χ0v) is 18.3. The van der Waals surface area contributed by atoms with Gasteiger partial charge in [0.2, 0.25) is 11.8 Å². The van der Waals surface area contributed by atoms with E-state index >= 15 is 0 Å². The molecule has 5 aromatic rings. The van der Waals surface area contributed by atoms with Crippen LogP contribution in [0.4, 0.5) is 19.0 Å². The van der Waals surface area contributed by atoms with Gasteiger partial charge >= 0.3 is 6.18 Å². The second-order valence-corrected chi connectivity index (χ2v) is 7.49. The number of fused-ring (bicyclic) bond motifs is 2. The minimum Gasteiger partial charge on any atom is -0.479 e. The summed E-state index contributed by atoms with van der Waals surface area (Å²) in [5, 5.41) is 3.63. The Morgan fingerprint density at radius 1 is 1.14 bits per heavy atom. The van der Waals surface area contributed by atoms with Crippen molar-refractivity contribution in [3.05, 3.63) is 58.1 Å². The zero-order valence-electron chi connectivity index (χ0n) is 18.3. The number of methoxy groups -OCH3 is 2. The molecule has 4 aromatic heterocycles. The van der Waals surface area contributed by atoms with Gasteiger partial charge in [0.15, 0.2) is 16.8 Å². The second-order valence-electron chi connectivity index (χ2n) is 7.49. The van der Waals surface area contributed by atoms with Gasteiger partial charge in [0.1, 0.15) is 17.0 Å². The van der Waals surface area contributed by atoms with Crippen LogP contribution in [0.2, 0.25) is 0 Å². The Kier molecular flexibility index (Phi) is 5.20. The number of nitrogens with one attached hydrogen (secondary N) is 1. The fourth-order valence-electron chi connectivity index (χ4n) is 3.84. The van der Waals surface area contributed by atoms with Crippen molar-refractivity contribution in [3.63, 3.8) is 0 Å². The molecule has 180 valence electrons. The number of benzene rings is 1. The molecule has 4 heterocycles. The number of nitrogen functional groups attached to an aromatic ring is 1. The predicted octanol–water partition coefficient (Wildman–Crippen LogP) is 3.65. The van der Waals surface area contributed by atoms with E-state index in [1.165, 1.54) is 32.4 Å². The molecule has 0 bridgehead atoms. The summed E-state index contributed by atoms with van der Waals surface area (Å²) in [6, 6.07) is 9.24. The van der Waals surface area contributed by atoms with E-state index in [1.54, 1.807) is 18.2 Å². The van der Waals surface area contributed by atoms with E-state index in [1.807, 2.05) is 0 Å². The molecule has 10 nitrogen and oxygen atoms in total. The van der Waals surface area contributed by atoms with Crippen molar-refractivity contribution in [3.8, 4) is 28.5 Å². The van der Waals surface area contributed by atoms with Gasteiger partial charge in [-0.05, 0) is 5.56 Å². The van der Waals surface area contributed by atoms with Crippen LogP contribution in [0.15, 0.2) is 45.6 Å². The number of oxazole rings is 1. The summed E-state index contributed by atoms with van der Waals surface area (Å²) < 4.78 is 58.6. The number of ether oxygens (including phenoxy) is 2. The number of nitrogens with two attached hydrogens (primary N) is 1. The molecule has 0 radical (unpaired) electrons. The van der Waals surface area contributed by atoms with Gasteiger partial charge in [-0.3, -0.25) is 4.79 Å². The molecule has 0 atom stereocenters. The summed E-state index contributed by atoms with van der Waals surface area (Å²) >= 11 is 0. The third-order valence-electron chi connectivity index (χ3n) is 5.26. The molecule has 35 heavy (non-hydrogen) atoms. The van der Waals surface area contributed by atoms with E-state index in [-0.39, 0.29) is 63.3 Å². The molecular formula is C22H17F3N6O4. The molecule has 0 aliphatic carbocycles. The molecule has 0 amide bonds. The van der Waals surface area contributed by atoms with Crippen molar-refractivity contribution in [2.75, 3.05) is 20.0 Å². The maximum atomic E-state index is 14.0. The second kappa shape index (κ2) is 8.13. The van der Waals surface area contributed by atoms with Gasteiger partial charge in [0.05, 0.1) is 25.0 Å². The highest BCUT2D eigenvalue weighted by Gasteiger charge is 2.39. The number of anilines is 1. The van der Waals surface area contributed by atoms with Crippen LogP contribution in [0.25, 0.3) is 39.3 Å². The molecule has 0 aliphatic heterocycles. The Labute approximate surface area is 194 Å². The lowest BCUT2D eigenvalue weighted by Crippen LogP contribution is -2.21. The largest absolute Gasteiger partial charge is 0.479 e. The highest BCUT2D eigenvalue weighted by molar-refractivity contribution is 5.84. The van der Waals surface area contributed by atoms with Gasteiger partial charge in [0, 0.05) is 13.2 Å². The van der Waals surface area contributed by atoms with E-state index in [0.29, 0.717) is 4.52 Å². The number of hydrogen-bond acceptors (Lipinski definition) is 8. The molecule has 0 spiro atoms. The first kappa shape index (κ1) is 22.4. The fourth-order valence-corrected chi connectivity index (χ4v) is 3.84. The van der Waals surface area contributed by atoms with E-state index in [0.717, 1.165) is 0 Å². The smallest absolute Gasteiger partial charge is 0.435 e. The minimum atomic E-state index is -4.83. The first-order chi connectivity index (χ1) is 16.7. The van der Waals surface area contributed by atoms with Crippen LogP contribution in [0, 0.1) is 0 Å². The molecule has 0 saturated heterocycles. The van der Waals surface area contributed by atoms with Crippen LogP contribution in [-0.2, 0) is 17.5 Å². The number of halogens is 3. The first-order valence-corrected chi connectivity index (χ1v) is 10.1. The highest BCUT2D eigenvalue weighted by Crippen LogP contribution is 2.39. The molecule has 13 heteroatoms. The predicted molar refractivity (Wildman–Crippen MR) is 119 cm³/mol. The van der Waals surface area contributed by atoms with E-state index < -0.39 is 17.4 Å². The number of hydrogen-bond donors (Lipinski definition) is 2. The number of aromatic nitrogens is 5. The third-order valence-corrected chi connectivity index (χ3v) is 5.26. The summed E-state index contributed by atoms with van der Waals surface area (Å²) in [6.07, 6.45) is -4.83. The SMILES string of the molecule is COCc1[nH]c2c(-c3ccccc3)c(C(F)(F)F)nn2c(=O)c1-c1nc2c(OC)nc(N)cc2o1. The molecule has 3 N–H and O–H groups in total. The normalized spacial score (nSPS) is 12.0. The van der Waals surface area contributed by atoms with Crippen LogP contribution in [-0.4, -0.2) is 38.8 Å². The van der Waals surface area contributed by atoms with E-state index in [9.17, 15) is 18.0 Å². The average molecular weight is 486 g/mol. The summed E-state index contributed by atoms with van der Waals surface area (Å²) in [4.78, 5) is 24.7. The minimum absolute atomic E-state index is 0.0607. The molecule has 1 aromatic carbocycles. The Balaban J connectivity index is 1.86. The summed E-state index contributed by atoms with van der Waals surface area (Å²) in [5.41, 5.74) is 3.81. The van der Waals surface area contributed by atoms with Crippen molar-refractivity contribution < 1.29 is 27.1 Å². The number of alkyl halides is 3. The topological polar surface area (TPSA) is 134 Å². The van der Waals surface area contributed by atoms with Crippen LogP contribution in [0.3, 0.4) is 0 Å². The van der Waals surface area contributed by atoms with Crippen molar-refractivity contribution >= 4 is 22.6 Å². The molecule has 0 unspecified atom stereocenters. The van der Waals surface area contributed by atoms with Crippen LogP contribution < -0.4 is 16.0 Å². The monoisotopic (exact) mass is 486 g/mol. The molecule has 0 aliphatic rings. The number of aromatic amines is 1. The Hall–Kier alpha value is -4.39. The van der Waals surface area contributed by atoms with Crippen LogP contribution in [0.5, 0.6) is 5.88 Å². The van der Waals surface area contributed by atoms with Gasteiger partial charge in [-0.2, -0.15) is 27.8 Å². The standard InChI is InChI=1S/C22H17F3N6O4/c1-33-9-11-15(19-29-16-12(35-19)8-13(26)28-20(16)34-2)21(32)31-18(27-11)14(10-6-4-3-5-7-10)17(30-31)22(23,24)25/h3-8,27H,9H2,1-2H3,(H2,26,28). The van der Waals surface area contributed by atoms with Gasteiger partial charge in [0.25, 0.3) is 5.56 Å². The van der Waals surface area contributed by atoms with Crippen LogP contribution >= 0.6 is 0 Å². The van der Waals surface area contributed by atoms with Gasteiger partial charge in [-0.25, -0.2) is 4.98 Å². The number of pyridine rings is 1. The Morgan fingerprint density at radius 2 is 1.89 bits per heavy atom. The van der Waals surface area contributed by atoms with Crippen molar-refractivity contribution in [1.82, 2.24) is 24.6 Å². The van der Waals surface area contributed by atoms with Crippen molar-refractivity contribution in [1.29, 1.82) is 0 Å². The first-order valence-electron chi connectivity index (χ1n) is 10.1. The van der Waals surface area contributed by atoms with Crippen molar-refractivity contribution in [2.45, 2.75) is 12.8 Å². The molecule has 0 fully saturated rings. The summed E-state index contributed by atoms with van der Waals surface area (Å²) in [5.74, 6) is -0.0373. The van der Waals surface area contributed by atoms with Gasteiger partial charge in [-0.1, -0.05) is 30.3 Å². The Bertz CT molecular complexity index is 1620. The quantitative estimate of drug-likeness (QED) is 0.385. The molecule has 5 rings (SSSR count). The zero-order chi connectivity index (χ0) is 24.9. The average Bonchev–Trinajstić information content (AvgIpc) is 3.41. The lowest BCUT2D eigenvalue weighted by Gasteiger charge is -2.09. The lowest BCUT2D eigenvalue weighted by molar-refractivity contribution is -0.140. The number of rotatable bonds is 5. The molecular weight excluding hydrogens is 469 g/mol. The molecule has 0 saturated carbocycles.